The first-order chi connectivity index (χ1) is 9.13. The van der Waals surface area contributed by atoms with Crippen LogP contribution in [0.25, 0.3) is 11.0 Å². The van der Waals surface area contributed by atoms with Crippen molar-refractivity contribution in [2.45, 2.75) is 13.0 Å². The maximum Gasteiger partial charge on any atom is 0.323 e. The Kier molecular flexibility index (Phi) is 2.90. The zero-order chi connectivity index (χ0) is 13.4. The lowest BCUT2D eigenvalue weighted by Gasteiger charge is -2.15. The molecule has 2 heterocycles. The fourth-order valence-electron chi connectivity index (χ4n) is 1.99. The molecule has 0 amide bonds. The van der Waals surface area contributed by atoms with Gasteiger partial charge >= 0.3 is 5.69 Å². The second-order valence-electron chi connectivity index (χ2n) is 4.33. The Morgan fingerprint density at radius 2 is 2.05 bits per heavy atom. The molecule has 98 valence electrons. The molecule has 1 atom stereocenters. The molecular weight excluding hydrogens is 310 g/mol. The van der Waals surface area contributed by atoms with Crippen molar-refractivity contribution in [3.05, 3.63) is 45.0 Å². The highest BCUT2D eigenvalue weighted by Gasteiger charge is 2.10. The van der Waals surface area contributed by atoms with Gasteiger partial charge in [-0.1, -0.05) is 0 Å². The lowest BCUT2D eigenvalue weighted by Crippen LogP contribution is -2.07. The average Bonchev–Trinajstić information content (AvgIpc) is 2.97. The van der Waals surface area contributed by atoms with Crippen molar-refractivity contribution in [3.63, 3.8) is 0 Å². The maximum absolute atomic E-state index is 11.3. The van der Waals surface area contributed by atoms with E-state index in [-0.39, 0.29) is 11.7 Å². The summed E-state index contributed by atoms with van der Waals surface area (Å²) in [4.78, 5) is 16.7. The Morgan fingerprint density at radius 3 is 2.74 bits per heavy atom. The molecule has 0 saturated heterocycles. The number of rotatable bonds is 3. The molecule has 0 radical (unpaired) electrons. The minimum atomic E-state index is -0.208. The Hall–Kier alpha value is -2.02. The predicted molar refractivity (Wildman–Crippen MR) is 77.2 cm³/mol. The number of hydrogen-bond acceptors (Lipinski definition) is 3. The molecular formula is C12H12BrN5O. The molecule has 3 aromatic rings. The molecule has 0 bridgehead atoms. The molecule has 6 nitrogen and oxygen atoms in total. The predicted octanol–water partition coefficient (Wildman–Crippen LogP) is 2.51. The van der Waals surface area contributed by atoms with Crippen molar-refractivity contribution >= 4 is 32.7 Å². The molecule has 0 aliphatic rings. The highest BCUT2D eigenvalue weighted by molar-refractivity contribution is 9.10. The zero-order valence-electron chi connectivity index (χ0n) is 10.1. The number of benzene rings is 1. The van der Waals surface area contributed by atoms with Gasteiger partial charge in [-0.2, -0.15) is 5.10 Å². The number of H-pyrrole nitrogens is 3. The van der Waals surface area contributed by atoms with E-state index < -0.39 is 0 Å². The monoisotopic (exact) mass is 321 g/mol. The van der Waals surface area contributed by atoms with Crippen LogP contribution in [0.5, 0.6) is 0 Å². The minimum Gasteiger partial charge on any atom is -0.376 e. The zero-order valence-corrected chi connectivity index (χ0v) is 11.7. The van der Waals surface area contributed by atoms with Gasteiger partial charge in [-0.25, -0.2) is 4.79 Å². The summed E-state index contributed by atoms with van der Waals surface area (Å²) in [5.74, 6) is 0. The van der Waals surface area contributed by atoms with E-state index in [1.807, 2.05) is 25.1 Å². The SMILES string of the molecule is CC(Nc1cc2[nH]c(=O)[nH]c2cc1Br)c1ccn[nH]1. The summed E-state index contributed by atoms with van der Waals surface area (Å²) in [6.45, 7) is 2.03. The third kappa shape index (κ3) is 2.28. The molecule has 1 aromatic carbocycles. The highest BCUT2D eigenvalue weighted by Crippen LogP contribution is 2.29. The van der Waals surface area contributed by atoms with Crippen LogP contribution in [0.4, 0.5) is 5.69 Å². The van der Waals surface area contributed by atoms with Crippen molar-refractivity contribution < 1.29 is 0 Å². The standard InChI is InChI=1S/C12H12BrN5O/c1-6(8-2-3-14-18-8)15-9-5-11-10(4-7(9)13)16-12(19)17-11/h2-6,15H,1H3,(H,14,18)(H2,16,17,19). The van der Waals surface area contributed by atoms with Crippen LogP contribution in [0.3, 0.4) is 0 Å². The Balaban J connectivity index is 1.96. The van der Waals surface area contributed by atoms with Crippen molar-refractivity contribution in [1.82, 2.24) is 20.2 Å². The van der Waals surface area contributed by atoms with E-state index in [1.165, 1.54) is 0 Å². The molecule has 0 fully saturated rings. The fourth-order valence-corrected chi connectivity index (χ4v) is 2.44. The van der Waals surface area contributed by atoms with E-state index >= 15 is 0 Å². The summed E-state index contributed by atoms with van der Waals surface area (Å²) in [5.41, 5.74) is 3.24. The van der Waals surface area contributed by atoms with Gasteiger partial charge in [0, 0.05) is 10.7 Å². The number of halogens is 1. The lowest BCUT2D eigenvalue weighted by atomic mass is 10.2. The number of anilines is 1. The van der Waals surface area contributed by atoms with E-state index in [0.717, 1.165) is 26.9 Å². The number of imidazole rings is 1. The number of fused-ring (bicyclic) bond motifs is 1. The van der Waals surface area contributed by atoms with E-state index in [0.29, 0.717) is 0 Å². The largest absolute Gasteiger partial charge is 0.376 e. The molecule has 4 N–H and O–H groups in total. The fraction of sp³-hybridized carbons (Fsp3) is 0.167. The first-order valence-electron chi connectivity index (χ1n) is 5.81. The van der Waals surface area contributed by atoms with Crippen molar-refractivity contribution in [3.8, 4) is 0 Å². The van der Waals surface area contributed by atoms with Gasteiger partial charge in [0.1, 0.15) is 0 Å². The molecule has 19 heavy (non-hydrogen) atoms. The first-order valence-corrected chi connectivity index (χ1v) is 6.60. The summed E-state index contributed by atoms with van der Waals surface area (Å²) >= 11 is 3.49. The van der Waals surface area contributed by atoms with Gasteiger partial charge in [0.25, 0.3) is 0 Å². The number of nitrogens with one attached hydrogen (secondary N) is 4. The van der Waals surface area contributed by atoms with Crippen LogP contribution in [-0.2, 0) is 0 Å². The molecule has 2 aromatic heterocycles. The second-order valence-corrected chi connectivity index (χ2v) is 5.19. The molecule has 3 rings (SSSR count). The third-order valence-electron chi connectivity index (χ3n) is 2.96. The number of aromatic nitrogens is 4. The van der Waals surface area contributed by atoms with Gasteiger partial charge in [0.05, 0.1) is 28.5 Å². The Morgan fingerprint density at radius 1 is 1.32 bits per heavy atom. The van der Waals surface area contributed by atoms with Crippen LogP contribution in [-0.4, -0.2) is 20.2 Å². The molecule has 0 saturated carbocycles. The molecule has 0 spiro atoms. The van der Waals surface area contributed by atoms with Crippen LogP contribution >= 0.6 is 15.9 Å². The van der Waals surface area contributed by atoms with Gasteiger partial charge in [-0.15, -0.1) is 0 Å². The van der Waals surface area contributed by atoms with Gasteiger partial charge in [-0.05, 0) is 41.1 Å². The van der Waals surface area contributed by atoms with Crippen LogP contribution in [0.15, 0.2) is 33.7 Å². The molecule has 1 unspecified atom stereocenters. The quantitative estimate of drug-likeness (QED) is 0.597. The summed E-state index contributed by atoms with van der Waals surface area (Å²) in [7, 11) is 0. The number of nitrogens with zero attached hydrogens (tertiary/aromatic N) is 1. The second kappa shape index (κ2) is 4.58. The molecule has 0 aliphatic heterocycles. The lowest BCUT2D eigenvalue weighted by molar-refractivity contribution is 0.825. The summed E-state index contributed by atoms with van der Waals surface area (Å²) < 4.78 is 0.890. The van der Waals surface area contributed by atoms with Crippen LogP contribution < -0.4 is 11.0 Å². The first kappa shape index (κ1) is 12.0. The third-order valence-corrected chi connectivity index (χ3v) is 3.62. The molecule has 7 heteroatoms. The average molecular weight is 322 g/mol. The summed E-state index contributed by atoms with van der Waals surface area (Å²) in [5, 5.41) is 10.2. The van der Waals surface area contributed by atoms with Gasteiger partial charge < -0.3 is 15.3 Å². The Bertz CT molecular complexity index is 758. The van der Waals surface area contributed by atoms with Gasteiger partial charge in [-0.3, -0.25) is 5.10 Å². The topological polar surface area (TPSA) is 89.4 Å². The van der Waals surface area contributed by atoms with Crippen molar-refractivity contribution in [2.24, 2.45) is 0 Å². The maximum atomic E-state index is 11.3. The van der Waals surface area contributed by atoms with E-state index in [9.17, 15) is 4.79 Å². The highest BCUT2D eigenvalue weighted by atomic mass is 79.9. The van der Waals surface area contributed by atoms with Crippen LogP contribution in [0, 0.1) is 0 Å². The summed E-state index contributed by atoms with van der Waals surface area (Å²) in [6, 6.07) is 5.77. The minimum absolute atomic E-state index is 0.0851. The van der Waals surface area contributed by atoms with E-state index in [4.69, 9.17) is 0 Å². The summed E-state index contributed by atoms with van der Waals surface area (Å²) in [6.07, 6.45) is 1.72. The van der Waals surface area contributed by atoms with E-state index in [1.54, 1.807) is 6.20 Å². The number of hydrogen-bond donors (Lipinski definition) is 4. The molecule has 0 aliphatic carbocycles. The number of aromatic amines is 3. The van der Waals surface area contributed by atoms with E-state index in [2.05, 4.69) is 41.4 Å². The normalized spacial score (nSPS) is 12.7. The smallest absolute Gasteiger partial charge is 0.323 e. The van der Waals surface area contributed by atoms with Crippen LogP contribution in [0.1, 0.15) is 18.7 Å². The van der Waals surface area contributed by atoms with Gasteiger partial charge in [0.15, 0.2) is 0 Å². The van der Waals surface area contributed by atoms with Gasteiger partial charge in [0.2, 0.25) is 0 Å². The van der Waals surface area contributed by atoms with Crippen LogP contribution in [0.2, 0.25) is 0 Å². The van der Waals surface area contributed by atoms with Crippen molar-refractivity contribution in [2.75, 3.05) is 5.32 Å². The van der Waals surface area contributed by atoms with Crippen molar-refractivity contribution in [1.29, 1.82) is 0 Å². The Labute approximate surface area is 116 Å².